The van der Waals surface area contributed by atoms with Crippen LogP contribution < -0.4 is 5.32 Å². The van der Waals surface area contributed by atoms with E-state index in [1.54, 1.807) is 6.92 Å². The van der Waals surface area contributed by atoms with Gasteiger partial charge in [0.1, 0.15) is 0 Å². The molecule has 0 spiro atoms. The van der Waals surface area contributed by atoms with E-state index in [2.05, 4.69) is 37.9 Å². The van der Waals surface area contributed by atoms with E-state index < -0.39 is 0 Å². The molecule has 0 aliphatic heterocycles. The van der Waals surface area contributed by atoms with Gasteiger partial charge in [0.25, 0.3) is 0 Å². The molecule has 0 aliphatic carbocycles. The van der Waals surface area contributed by atoms with Crippen molar-refractivity contribution in [2.45, 2.75) is 65.8 Å². The van der Waals surface area contributed by atoms with Crippen LogP contribution >= 0.6 is 0 Å². The third-order valence-electron chi connectivity index (χ3n) is 2.48. The maximum atomic E-state index is 11.4. The van der Waals surface area contributed by atoms with Gasteiger partial charge in [0.15, 0.2) is 0 Å². The minimum absolute atomic E-state index is 0.125. The van der Waals surface area contributed by atoms with E-state index in [-0.39, 0.29) is 5.91 Å². The number of rotatable bonds is 7. The summed E-state index contributed by atoms with van der Waals surface area (Å²) >= 11 is 0. The number of nitrogens with one attached hydrogen (secondary N) is 1. The number of carbonyl (C=O) groups is 1. The van der Waals surface area contributed by atoms with Gasteiger partial charge in [-0.2, -0.15) is 0 Å². The van der Waals surface area contributed by atoms with Gasteiger partial charge in [0, 0.05) is 18.9 Å². The lowest BCUT2D eigenvalue weighted by Gasteiger charge is -2.14. The van der Waals surface area contributed by atoms with Gasteiger partial charge >= 0.3 is 0 Å². The van der Waals surface area contributed by atoms with Gasteiger partial charge in [-0.3, -0.25) is 4.79 Å². The van der Waals surface area contributed by atoms with Crippen molar-refractivity contribution in [2.75, 3.05) is 0 Å². The van der Waals surface area contributed by atoms with E-state index in [1.807, 2.05) is 0 Å². The highest BCUT2D eigenvalue weighted by Gasteiger charge is 2.06. The standard InChI is InChI=1S/C14H25NO/c1-5-6-7-11-14(16)15-13(4)10-8-9-12(2)3/h12-13H,7-11H2,1-4H3,(H,15,16)/t13-/m1/s1. The predicted molar refractivity (Wildman–Crippen MR) is 69.0 cm³/mol. The number of hydrogen-bond acceptors (Lipinski definition) is 1. The van der Waals surface area contributed by atoms with Gasteiger partial charge in [0.05, 0.1) is 0 Å². The molecular weight excluding hydrogens is 198 g/mol. The highest BCUT2D eigenvalue weighted by molar-refractivity contribution is 5.76. The summed E-state index contributed by atoms with van der Waals surface area (Å²) in [7, 11) is 0. The van der Waals surface area contributed by atoms with Crippen molar-refractivity contribution in [3.05, 3.63) is 0 Å². The Balaban J connectivity index is 3.56. The van der Waals surface area contributed by atoms with Crippen LogP contribution in [0, 0.1) is 17.8 Å². The molecule has 0 radical (unpaired) electrons. The first kappa shape index (κ1) is 15.0. The van der Waals surface area contributed by atoms with Gasteiger partial charge in [-0.25, -0.2) is 0 Å². The van der Waals surface area contributed by atoms with Gasteiger partial charge in [-0.1, -0.05) is 26.7 Å². The summed E-state index contributed by atoms with van der Waals surface area (Å²) in [4.78, 5) is 11.4. The Morgan fingerprint density at radius 3 is 2.50 bits per heavy atom. The first-order valence-electron chi connectivity index (χ1n) is 6.25. The maximum absolute atomic E-state index is 11.4. The maximum Gasteiger partial charge on any atom is 0.221 e. The van der Waals surface area contributed by atoms with Crippen LogP contribution in [0.15, 0.2) is 0 Å². The van der Waals surface area contributed by atoms with Crippen LogP contribution in [0.25, 0.3) is 0 Å². The van der Waals surface area contributed by atoms with Crippen molar-refractivity contribution in [2.24, 2.45) is 5.92 Å². The average molecular weight is 223 g/mol. The van der Waals surface area contributed by atoms with Crippen molar-refractivity contribution in [3.8, 4) is 11.8 Å². The normalized spacial score (nSPS) is 11.8. The zero-order chi connectivity index (χ0) is 12.4. The third-order valence-corrected chi connectivity index (χ3v) is 2.48. The molecule has 2 nitrogen and oxygen atoms in total. The lowest BCUT2D eigenvalue weighted by atomic mass is 10.0. The Bertz CT molecular complexity index is 247. The van der Waals surface area contributed by atoms with E-state index in [9.17, 15) is 4.79 Å². The van der Waals surface area contributed by atoms with Crippen molar-refractivity contribution >= 4 is 5.91 Å². The minimum Gasteiger partial charge on any atom is -0.354 e. The second-order valence-corrected chi connectivity index (χ2v) is 4.72. The summed E-state index contributed by atoms with van der Waals surface area (Å²) in [6.45, 7) is 8.33. The second kappa shape index (κ2) is 9.27. The fourth-order valence-electron chi connectivity index (χ4n) is 1.55. The molecule has 0 aliphatic rings. The van der Waals surface area contributed by atoms with Crippen LogP contribution in [0.2, 0.25) is 0 Å². The van der Waals surface area contributed by atoms with Crippen LogP contribution in [0.3, 0.4) is 0 Å². The van der Waals surface area contributed by atoms with Crippen molar-refractivity contribution in [1.29, 1.82) is 0 Å². The lowest BCUT2D eigenvalue weighted by Crippen LogP contribution is -2.32. The molecule has 0 bridgehead atoms. The van der Waals surface area contributed by atoms with Crippen LogP contribution in [0.1, 0.15) is 59.8 Å². The van der Waals surface area contributed by atoms with Crippen LogP contribution in [-0.2, 0) is 4.79 Å². The summed E-state index contributed by atoms with van der Waals surface area (Å²) in [5, 5.41) is 3.01. The summed E-state index contributed by atoms with van der Waals surface area (Å²) in [6.07, 6.45) is 4.69. The van der Waals surface area contributed by atoms with Gasteiger partial charge in [-0.15, -0.1) is 11.8 Å². The first-order chi connectivity index (χ1) is 7.56. The highest BCUT2D eigenvalue weighted by atomic mass is 16.1. The Morgan fingerprint density at radius 2 is 1.94 bits per heavy atom. The smallest absolute Gasteiger partial charge is 0.221 e. The minimum atomic E-state index is 0.125. The van der Waals surface area contributed by atoms with Crippen molar-refractivity contribution in [1.82, 2.24) is 5.32 Å². The van der Waals surface area contributed by atoms with Crippen LogP contribution in [0.4, 0.5) is 0 Å². The largest absolute Gasteiger partial charge is 0.354 e. The predicted octanol–water partition coefficient (Wildman–Crippen LogP) is 3.12. The Labute approximate surface area is 100 Å². The Morgan fingerprint density at radius 1 is 1.25 bits per heavy atom. The van der Waals surface area contributed by atoms with E-state index in [0.717, 1.165) is 12.3 Å². The van der Waals surface area contributed by atoms with Crippen molar-refractivity contribution in [3.63, 3.8) is 0 Å². The van der Waals surface area contributed by atoms with Crippen LogP contribution in [-0.4, -0.2) is 11.9 Å². The average Bonchev–Trinajstić information content (AvgIpc) is 2.17. The van der Waals surface area contributed by atoms with E-state index in [0.29, 0.717) is 18.9 Å². The molecule has 0 heterocycles. The van der Waals surface area contributed by atoms with E-state index in [1.165, 1.54) is 12.8 Å². The molecule has 0 aromatic rings. The molecule has 1 atom stereocenters. The molecule has 0 unspecified atom stereocenters. The molecule has 2 heteroatoms. The molecule has 0 rings (SSSR count). The number of hydrogen-bond donors (Lipinski definition) is 1. The molecule has 0 aromatic carbocycles. The monoisotopic (exact) mass is 223 g/mol. The zero-order valence-electron chi connectivity index (χ0n) is 11.1. The van der Waals surface area contributed by atoms with E-state index in [4.69, 9.17) is 0 Å². The summed E-state index contributed by atoms with van der Waals surface area (Å²) in [5.41, 5.74) is 0. The zero-order valence-corrected chi connectivity index (χ0v) is 11.1. The van der Waals surface area contributed by atoms with Gasteiger partial charge in [0.2, 0.25) is 5.91 Å². The van der Waals surface area contributed by atoms with Crippen molar-refractivity contribution < 1.29 is 4.79 Å². The summed E-state index contributed by atoms with van der Waals surface area (Å²) < 4.78 is 0. The Kier molecular flexibility index (Phi) is 8.71. The molecule has 1 amide bonds. The molecule has 16 heavy (non-hydrogen) atoms. The lowest BCUT2D eigenvalue weighted by molar-refractivity contribution is -0.121. The molecule has 92 valence electrons. The summed E-state index contributed by atoms with van der Waals surface area (Å²) in [5.74, 6) is 6.57. The molecule has 0 saturated carbocycles. The third kappa shape index (κ3) is 9.58. The highest BCUT2D eigenvalue weighted by Crippen LogP contribution is 2.08. The summed E-state index contributed by atoms with van der Waals surface area (Å²) in [6, 6.07) is 0.292. The van der Waals surface area contributed by atoms with Gasteiger partial charge in [-0.05, 0) is 26.2 Å². The molecule has 0 fully saturated rings. The molecule has 0 saturated heterocycles. The fourth-order valence-corrected chi connectivity index (χ4v) is 1.55. The second-order valence-electron chi connectivity index (χ2n) is 4.72. The topological polar surface area (TPSA) is 29.1 Å². The fraction of sp³-hybridized carbons (Fsp3) is 0.786. The van der Waals surface area contributed by atoms with Gasteiger partial charge < -0.3 is 5.32 Å². The molecular formula is C14H25NO. The quantitative estimate of drug-likeness (QED) is 0.660. The molecule has 0 aromatic heterocycles. The SMILES string of the molecule is CC#CCCC(=O)N[C@H](C)CCCC(C)C. The Hall–Kier alpha value is -0.970. The number of carbonyl (C=O) groups excluding carboxylic acids is 1. The molecule has 1 N–H and O–H groups in total. The first-order valence-corrected chi connectivity index (χ1v) is 6.25. The number of amides is 1. The van der Waals surface area contributed by atoms with Crippen LogP contribution in [0.5, 0.6) is 0 Å². The van der Waals surface area contributed by atoms with E-state index >= 15 is 0 Å².